The van der Waals surface area contributed by atoms with Gasteiger partial charge in [0.1, 0.15) is 0 Å². The lowest BCUT2D eigenvalue weighted by molar-refractivity contribution is 0.0487. The Hall–Kier alpha value is -0.900. The van der Waals surface area contributed by atoms with Crippen LogP contribution >= 0.6 is 24.0 Å². The third kappa shape index (κ3) is 15.1. The molecule has 7 heteroatoms. The number of hydrogen-bond donors (Lipinski definition) is 2. The van der Waals surface area contributed by atoms with E-state index in [4.69, 9.17) is 14.2 Å². The number of ether oxygens (including phenoxy) is 3. The van der Waals surface area contributed by atoms with Crippen molar-refractivity contribution in [3.8, 4) is 0 Å². The van der Waals surface area contributed by atoms with Gasteiger partial charge in [0.2, 0.25) is 0 Å². The minimum Gasteiger partial charge on any atom is -0.379 e. The summed E-state index contributed by atoms with van der Waals surface area (Å²) in [6.45, 7) is 9.94. The summed E-state index contributed by atoms with van der Waals surface area (Å²) < 4.78 is 16.8. The highest BCUT2D eigenvalue weighted by atomic mass is 127. The molecule has 0 radical (unpaired) electrons. The first-order valence-electron chi connectivity index (χ1n) is 9.98. The Balaban J connectivity index is 0.00000729. The minimum atomic E-state index is 0. The summed E-state index contributed by atoms with van der Waals surface area (Å²) in [5, 5.41) is 6.57. The molecule has 0 aliphatic heterocycles. The van der Waals surface area contributed by atoms with Gasteiger partial charge in [-0.2, -0.15) is 0 Å². The minimum absolute atomic E-state index is 0. The maximum absolute atomic E-state index is 5.78. The average Bonchev–Trinajstić information content (AvgIpc) is 2.69. The Kier molecular flexibility index (Phi) is 18.8. The lowest BCUT2D eigenvalue weighted by Gasteiger charge is -2.16. The van der Waals surface area contributed by atoms with Crippen LogP contribution in [0, 0.1) is 5.92 Å². The molecule has 162 valence electrons. The van der Waals surface area contributed by atoms with Gasteiger partial charge in [0, 0.05) is 26.7 Å². The largest absolute Gasteiger partial charge is 0.379 e. The summed E-state index contributed by atoms with van der Waals surface area (Å²) in [6, 6.07) is 10.2. The van der Waals surface area contributed by atoms with Crippen molar-refractivity contribution in [2.45, 2.75) is 33.3 Å². The van der Waals surface area contributed by atoms with Crippen LogP contribution in [0.2, 0.25) is 0 Å². The van der Waals surface area contributed by atoms with Crippen LogP contribution in [-0.4, -0.2) is 59.1 Å². The van der Waals surface area contributed by atoms with Crippen molar-refractivity contribution >= 4 is 29.9 Å². The van der Waals surface area contributed by atoms with E-state index in [0.717, 1.165) is 32.0 Å². The second kappa shape index (κ2) is 19.4. The molecule has 0 spiro atoms. The van der Waals surface area contributed by atoms with Crippen LogP contribution in [0.25, 0.3) is 0 Å². The zero-order chi connectivity index (χ0) is 19.6. The Bertz CT molecular complexity index is 489. The van der Waals surface area contributed by atoms with E-state index in [2.05, 4.69) is 41.6 Å². The first kappa shape index (κ1) is 27.1. The molecular formula is C21H38IN3O3. The van der Waals surface area contributed by atoms with E-state index in [0.29, 0.717) is 45.5 Å². The van der Waals surface area contributed by atoms with Crippen molar-refractivity contribution in [3.63, 3.8) is 0 Å². The summed E-state index contributed by atoms with van der Waals surface area (Å²) in [6.07, 6.45) is 2.27. The zero-order valence-electron chi connectivity index (χ0n) is 17.6. The van der Waals surface area contributed by atoms with Crippen LogP contribution in [0.3, 0.4) is 0 Å². The van der Waals surface area contributed by atoms with Crippen LogP contribution in [0.5, 0.6) is 0 Å². The first-order chi connectivity index (χ1) is 13.3. The smallest absolute Gasteiger partial charge is 0.191 e. The molecule has 0 aliphatic carbocycles. The Morgan fingerprint density at radius 2 is 1.71 bits per heavy atom. The SMILES string of the molecule is CCCCOCCOCCNC(=NC)NCC(C)COCc1ccccc1.I. The van der Waals surface area contributed by atoms with Gasteiger partial charge in [-0.05, 0) is 17.9 Å². The highest BCUT2D eigenvalue weighted by Gasteiger charge is 2.04. The van der Waals surface area contributed by atoms with Gasteiger partial charge >= 0.3 is 0 Å². The number of hydrogen-bond acceptors (Lipinski definition) is 4. The number of halogens is 1. The van der Waals surface area contributed by atoms with Crippen LogP contribution < -0.4 is 10.6 Å². The van der Waals surface area contributed by atoms with E-state index in [1.165, 1.54) is 5.56 Å². The number of nitrogens with one attached hydrogen (secondary N) is 2. The molecule has 1 unspecified atom stereocenters. The summed E-state index contributed by atoms with van der Waals surface area (Å²) in [5.41, 5.74) is 1.20. The monoisotopic (exact) mass is 507 g/mol. The van der Waals surface area contributed by atoms with Crippen LogP contribution in [0.15, 0.2) is 35.3 Å². The Morgan fingerprint density at radius 3 is 2.39 bits per heavy atom. The van der Waals surface area contributed by atoms with Gasteiger partial charge in [0.05, 0.1) is 33.0 Å². The van der Waals surface area contributed by atoms with Crippen molar-refractivity contribution in [3.05, 3.63) is 35.9 Å². The van der Waals surface area contributed by atoms with E-state index in [1.54, 1.807) is 7.05 Å². The van der Waals surface area contributed by atoms with Crippen molar-refractivity contribution in [2.24, 2.45) is 10.9 Å². The highest BCUT2D eigenvalue weighted by Crippen LogP contribution is 2.02. The zero-order valence-corrected chi connectivity index (χ0v) is 19.9. The predicted octanol–water partition coefficient (Wildman–Crippen LogP) is 3.46. The molecule has 0 heterocycles. The molecule has 28 heavy (non-hydrogen) atoms. The molecule has 0 fully saturated rings. The van der Waals surface area contributed by atoms with E-state index in [-0.39, 0.29) is 24.0 Å². The molecule has 0 bridgehead atoms. The normalized spacial score (nSPS) is 12.3. The fraction of sp³-hybridized carbons (Fsp3) is 0.667. The molecule has 0 saturated carbocycles. The molecule has 0 aromatic heterocycles. The second-order valence-corrected chi connectivity index (χ2v) is 6.56. The predicted molar refractivity (Wildman–Crippen MR) is 127 cm³/mol. The average molecular weight is 507 g/mol. The lowest BCUT2D eigenvalue weighted by Crippen LogP contribution is -2.41. The van der Waals surface area contributed by atoms with Gasteiger partial charge in [-0.15, -0.1) is 24.0 Å². The second-order valence-electron chi connectivity index (χ2n) is 6.56. The molecule has 0 aliphatic rings. The maximum Gasteiger partial charge on any atom is 0.191 e. The van der Waals surface area contributed by atoms with Crippen molar-refractivity contribution in [1.82, 2.24) is 10.6 Å². The number of unbranched alkanes of at least 4 members (excludes halogenated alkanes) is 1. The van der Waals surface area contributed by atoms with Gasteiger partial charge in [0.25, 0.3) is 0 Å². The van der Waals surface area contributed by atoms with Crippen molar-refractivity contribution < 1.29 is 14.2 Å². The third-order valence-electron chi connectivity index (χ3n) is 3.91. The lowest BCUT2D eigenvalue weighted by atomic mass is 10.2. The van der Waals surface area contributed by atoms with Gasteiger partial charge in [-0.3, -0.25) is 4.99 Å². The van der Waals surface area contributed by atoms with E-state index in [1.807, 2.05) is 18.2 Å². The van der Waals surface area contributed by atoms with Crippen molar-refractivity contribution in [2.75, 3.05) is 53.2 Å². The number of rotatable bonds is 15. The summed E-state index contributed by atoms with van der Waals surface area (Å²) in [5.74, 6) is 1.18. The number of guanidine groups is 1. The fourth-order valence-corrected chi connectivity index (χ4v) is 2.31. The number of nitrogens with zero attached hydrogens (tertiary/aromatic N) is 1. The van der Waals surface area contributed by atoms with E-state index in [9.17, 15) is 0 Å². The van der Waals surface area contributed by atoms with Gasteiger partial charge in [0.15, 0.2) is 5.96 Å². The maximum atomic E-state index is 5.78. The molecule has 6 nitrogen and oxygen atoms in total. The summed E-state index contributed by atoms with van der Waals surface area (Å²) in [4.78, 5) is 4.23. The van der Waals surface area contributed by atoms with Gasteiger partial charge in [-0.1, -0.05) is 50.6 Å². The number of aliphatic imine (C=N–C) groups is 1. The Labute approximate surface area is 187 Å². The Morgan fingerprint density at radius 1 is 1.00 bits per heavy atom. The van der Waals surface area contributed by atoms with Crippen LogP contribution in [0.1, 0.15) is 32.3 Å². The summed E-state index contributed by atoms with van der Waals surface area (Å²) >= 11 is 0. The molecule has 2 N–H and O–H groups in total. The molecule has 1 aromatic rings. The molecule has 1 aromatic carbocycles. The summed E-state index contributed by atoms with van der Waals surface area (Å²) in [7, 11) is 1.77. The first-order valence-corrected chi connectivity index (χ1v) is 9.98. The molecule has 1 atom stereocenters. The van der Waals surface area contributed by atoms with Gasteiger partial charge in [-0.25, -0.2) is 0 Å². The van der Waals surface area contributed by atoms with Gasteiger partial charge < -0.3 is 24.8 Å². The quantitative estimate of drug-likeness (QED) is 0.165. The standard InChI is InChI=1S/C21H37N3O3.HI/c1-4-5-12-25-14-15-26-13-11-23-21(22-3)24-16-19(2)17-27-18-20-9-7-6-8-10-20;/h6-10,19H,4-5,11-18H2,1-3H3,(H2,22,23,24);1H. The van der Waals surface area contributed by atoms with Crippen LogP contribution in [0.4, 0.5) is 0 Å². The number of benzene rings is 1. The van der Waals surface area contributed by atoms with Crippen molar-refractivity contribution in [1.29, 1.82) is 0 Å². The fourth-order valence-electron chi connectivity index (χ4n) is 2.31. The third-order valence-corrected chi connectivity index (χ3v) is 3.91. The molecule has 0 saturated heterocycles. The van der Waals surface area contributed by atoms with E-state index >= 15 is 0 Å². The molecule has 0 amide bonds. The molecule has 1 rings (SSSR count). The van der Waals surface area contributed by atoms with Crippen LogP contribution in [-0.2, 0) is 20.8 Å². The topological polar surface area (TPSA) is 64.1 Å². The van der Waals surface area contributed by atoms with E-state index < -0.39 is 0 Å². The molecular weight excluding hydrogens is 469 g/mol. The highest BCUT2D eigenvalue weighted by molar-refractivity contribution is 14.0.